The summed E-state index contributed by atoms with van der Waals surface area (Å²) in [6.45, 7) is 9.50. The molecule has 1 saturated heterocycles. The van der Waals surface area contributed by atoms with Crippen molar-refractivity contribution in [2.24, 2.45) is 5.92 Å². The Bertz CT molecular complexity index is 834. The van der Waals surface area contributed by atoms with Crippen LogP contribution in [0.25, 0.3) is 0 Å². The normalized spacial score (nSPS) is 17.3. The third-order valence-electron chi connectivity index (χ3n) is 5.63. The zero-order chi connectivity index (χ0) is 20.2. The van der Waals surface area contributed by atoms with Gasteiger partial charge in [0.25, 0.3) is 0 Å². The van der Waals surface area contributed by atoms with Gasteiger partial charge in [0, 0.05) is 39.1 Å². The maximum Gasteiger partial charge on any atom is 0.229 e. The van der Waals surface area contributed by atoms with Crippen molar-refractivity contribution in [1.82, 2.24) is 14.9 Å². The van der Waals surface area contributed by atoms with Gasteiger partial charge >= 0.3 is 0 Å². The summed E-state index contributed by atoms with van der Waals surface area (Å²) in [6.07, 6.45) is 4.63. The third kappa shape index (κ3) is 4.64. The second-order valence-electron chi connectivity index (χ2n) is 8.43. The fourth-order valence-electron chi connectivity index (χ4n) is 4.23. The Balaban J connectivity index is 1.70. The van der Waals surface area contributed by atoms with Gasteiger partial charge in [-0.15, -0.1) is 0 Å². The first-order valence-corrected chi connectivity index (χ1v) is 10.8. The summed E-state index contributed by atoms with van der Waals surface area (Å²) in [7, 11) is 1.67. The van der Waals surface area contributed by atoms with Crippen LogP contribution in [-0.4, -0.2) is 48.2 Å². The highest BCUT2D eigenvalue weighted by Gasteiger charge is 2.26. The molecule has 0 aliphatic carbocycles. The van der Waals surface area contributed by atoms with Crippen LogP contribution in [0.5, 0.6) is 17.4 Å². The average Bonchev–Trinajstić information content (AvgIpc) is 2.74. The number of hydrogen-bond acceptors (Lipinski definition) is 6. The highest BCUT2D eigenvalue weighted by molar-refractivity contribution is 5.47. The SMILES string of the molecule is COc1ccccc1Oc1nc(N2CCCCC2)nc2c1CN(CC(C)C)CC2. The van der Waals surface area contributed by atoms with E-state index in [-0.39, 0.29) is 0 Å². The molecule has 0 atom stereocenters. The predicted octanol–water partition coefficient (Wildman–Crippen LogP) is 4.28. The van der Waals surface area contributed by atoms with E-state index in [4.69, 9.17) is 19.4 Å². The average molecular weight is 397 g/mol. The lowest BCUT2D eigenvalue weighted by atomic mass is 10.0. The number of ether oxygens (including phenoxy) is 2. The molecule has 2 aliphatic heterocycles. The summed E-state index contributed by atoms with van der Waals surface area (Å²) in [6, 6.07) is 7.76. The van der Waals surface area contributed by atoms with Gasteiger partial charge < -0.3 is 14.4 Å². The van der Waals surface area contributed by atoms with Crippen molar-refractivity contribution in [3.05, 3.63) is 35.5 Å². The number of methoxy groups -OCH3 is 1. The van der Waals surface area contributed by atoms with Gasteiger partial charge in [-0.25, -0.2) is 4.98 Å². The van der Waals surface area contributed by atoms with E-state index in [0.717, 1.165) is 56.4 Å². The lowest BCUT2D eigenvalue weighted by Crippen LogP contribution is -2.36. The first kappa shape index (κ1) is 20.0. The molecular weight excluding hydrogens is 364 g/mol. The lowest BCUT2D eigenvalue weighted by molar-refractivity contribution is 0.220. The smallest absolute Gasteiger partial charge is 0.229 e. The third-order valence-corrected chi connectivity index (χ3v) is 5.63. The molecule has 0 bridgehead atoms. The van der Waals surface area contributed by atoms with Crippen LogP contribution in [0.3, 0.4) is 0 Å². The molecule has 0 radical (unpaired) electrons. The van der Waals surface area contributed by atoms with Gasteiger partial charge in [0.2, 0.25) is 11.8 Å². The number of fused-ring (bicyclic) bond motifs is 1. The number of benzene rings is 1. The Morgan fingerprint density at radius 3 is 2.48 bits per heavy atom. The van der Waals surface area contributed by atoms with Gasteiger partial charge in [-0.05, 0) is 37.3 Å². The number of anilines is 1. The number of aromatic nitrogens is 2. The lowest BCUT2D eigenvalue weighted by Gasteiger charge is -2.32. The van der Waals surface area contributed by atoms with Gasteiger partial charge in [-0.3, -0.25) is 4.90 Å². The van der Waals surface area contributed by atoms with Crippen molar-refractivity contribution in [3.63, 3.8) is 0 Å². The van der Waals surface area contributed by atoms with Crippen molar-refractivity contribution in [3.8, 4) is 17.4 Å². The number of rotatable bonds is 6. The number of nitrogens with zero attached hydrogens (tertiary/aromatic N) is 4. The standard InChI is InChI=1S/C23H32N4O2/c1-17(2)15-26-14-11-19-18(16-26)22(29-21-10-6-5-9-20(21)28-3)25-23(24-19)27-12-7-4-8-13-27/h5-6,9-10,17H,4,7-8,11-16H2,1-3H3. The van der Waals surface area contributed by atoms with Crippen LogP contribution in [0.4, 0.5) is 5.95 Å². The molecule has 0 saturated carbocycles. The second kappa shape index (κ2) is 8.99. The molecule has 0 amide bonds. The van der Waals surface area contributed by atoms with E-state index in [1.807, 2.05) is 24.3 Å². The van der Waals surface area contributed by atoms with Crippen molar-refractivity contribution < 1.29 is 9.47 Å². The van der Waals surface area contributed by atoms with Crippen molar-refractivity contribution >= 4 is 5.95 Å². The molecule has 1 aromatic heterocycles. The maximum absolute atomic E-state index is 6.35. The molecule has 156 valence electrons. The molecule has 6 nitrogen and oxygen atoms in total. The fraction of sp³-hybridized carbons (Fsp3) is 0.565. The molecule has 29 heavy (non-hydrogen) atoms. The topological polar surface area (TPSA) is 50.7 Å². The molecule has 2 aliphatic rings. The zero-order valence-electron chi connectivity index (χ0n) is 17.9. The van der Waals surface area contributed by atoms with E-state index in [9.17, 15) is 0 Å². The first-order chi connectivity index (χ1) is 14.1. The summed E-state index contributed by atoms with van der Waals surface area (Å²) in [5.41, 5.74) is 2.24. The molecule has 1 aromatic carbocycles. The largest absolute Gasteiger partial charge is 0.493 e. The molecule has 6 heteroatoms. The van der Waals surface area contributed by atoms with E-state index >= 15 is 0 Å². The van der Waals surface area contributed by atoms with E-state index in [2.05, 4.69) is 23.6 Å². The Kier molecular flexibility index (Phi) is 6.19. The summed E-state index contributed by atoms with van der Waals surface area (Å²) >= 11 is 0. The van der Waals surface area contributed by atoms with Gasteiger partial charge in [0.05, 0.1) is 18.4 Å². The Morgan fingerprint density at radius 2 is 1.76 bits per heavy atom. The van der Waals surface area contributed by atoms with Crippen LogP contribution < -0.4 is 14.4 Å². The Hall–Kier alpha value is -2.34. The zero-order valence-corrected chi connectivity index (χ0v) is 17.9. The number of para-hydroxylation sites is 2. The molecule has 0 unspecified atom stereocenters. The molecule has 0 spiro atoms. The first-order valence-electron chi connectivity index (χ1n) is 10.8. The molecule has 2 aromatic rings. The monoisotopic (exact) mass is 396 g/mol. The maximum atomic E-state index is 6.35. The molecule has 1 fully saturated rings. The minimum absolute atomic E-state index is 0.628. The van der Waals surface area contributed by atoms with E-state index in [1.165, 1.54) is 19.3 Å². The van der Waals surface area contributed by atoms with Crippen molar-refractivity contribution in [2.45, 2.75) is 46.1 Å². The summed E-state index contributed by atoms with van der Waals surface area (Å²) in [5, 5.41) is 0. The summed E-state index contributed by atoms with van der Waals surface area (Å²) in [5.74, 6) is 3.53. The van der Waals surface area contributed by atoms with Crippen LogP contribution in [-0.2, 0) is 13.0 Å². The quantitative estimate of drug-likeness (QED) is 0.726. The Labute approximate surface area is 173 Å². The number of piperidine rings is 1. The van der Waals surface area contributed by atoms with Crippen molar-refractivity contribution in [2.75, 3.05) is 38.2 Å². The van der Waals surface area contributed by atoms with Gasteiger partial charge in [-0.2, -0.15) is 4.98 Å². The molecular formula is C23H32N4O2. The van der Waals surface area contributed by atoms with Crippen molar-refractivity contribution in [1.29, 1.82) is 0 Å². The van der Waals surface area contributed by atoms with E-state index in [1.54, 1.807) is 7.11 Å². The van der Waals surface area contributed by atoms with Gasteiger partial charge in [0.1, 0.15) is 0 Å². The van der Waals surface area contributed by atoms with Crippen LogP contribution in [0.2, 0.25) is 0 Å². The highest BCUT2D eigenvalue weighted by atomic mass is 16.5. The van der Waals surface area contributed by atoms with Crippen LogP contribution >= 0.6 is 0 Å². The minimum atomic E-state index is 0.628. The minimum Gasteiger partial charge on any atom is -0.493 e. The summed E-state index contributed by atoms with van der Waals surface area (Å²) < 4.78 is 11.8. The van der Waals surface area contributed by atoms with Gasteiger partial charge in [-0.1, -0.05) is 26.0 Å². The predicted molar refractivity (Wildman–Crippen MR) is 115 cm³/mol. The molecule has 3 heterocycles. The van der Waals surface area contributed by atoms with E-state index in [0.29, 0.717) is 23.3 Å². The Morgan fingerprint density at radius 1 is 1.00 bits per heavy atom. The van der Waals surface area contributed by atoms with Crippen LogP contribution in [0, 0.1) is 5.92 Å². The summed E-state index contributed by atoms with van der Waals surface area (Å²) in [4.78, 5) is 14.7. The van der Waals surface area contributed by atoms with E-state index < -0.39 is 0 Å². The van der Waals surface area contributed by atoms with Crippen LogP contribution in [0.1, 0.15) is 44.4 Å². The van der Waals surface area contributed by atoms with Crippen LogP contribution in [0.15, 0.2) is 24.3 Å². The second-order valence-corrected chi connectivity index (χ2v) is 8.43. The van der Waals surface area contributed by atoms with Gasteiger partial charge in [0.15, 0.2) is 11.5 Å². The highest BCUT2D eigenvalue weighted by Crippen LogP contribution is 2.35. The number of hydrogen-bond donors (Lipinski definition) is 0. The fourth-order valence-corrected chi connectivity index (χ4v) is 4.23. The molecule has 0 N–H and O–H groups in total. The molecule has 4 rings (SSSR count).